The van der Waals surface area contributed by atoms with E-state index in [-0.39, 0.29) is 0 Å². The Bertz CT molecular complexity index is 2100. The molecule has 0 saturated carbocycles. The van der Waals surface area contributed by atoms with Crippen molar-refractivity contribution in [3.63, 3.8) is 0 Å². The molecule has 0 spiro atoms. The summed E-state index contributed by atoms with van der Waals surface area (Å²) in [7, 11) is 0. The van der Waals surface area contributed by atoms with E-state index in [0.29, 0.717) is 5.89 Å². The molecule has 3 heterocycles. The van der Waals surface area contributed by atoms with Crippen molar-refractivity contribution in [2.45, 2.75) is 0 Å². The van der Waals surface area contributed by atoms with Gasteiger partial charge in [-0.15, -0.1) is 0 Å². The molecule has 0 unspecified atom stereocenters. The molecule has 0 N–H and O–H groups in total. The third-order valence-electron chi connectivity index (χ3n) is 6.99. The summed E-state index contributed by atoms with van der Waals surface area (Å²) in [5, 5.41) is 3.25. The minimum atomic E-state index is 0.623. The Morgan fingerprint density at radius 2 is 1.29 bits per heavy atom. The number of hydrogen-bond donors (Lipinski definition) is 0. The van der Waals surface area contributed by atoms with Gasteiger partial charge in [-0.2, -0.15) is 8.75 Å². The smallest absolute Gasteiger partial charge is 0.227 e. The lowest BCUT2D eigenvalue weighted by Gasteiger charge is -2.12. The first-order valence-electron chi connectivity index (χ1n) is 12.3. The van der Waals surface area contributed by atoms with E-state index in [1.54, 1.807) is 0 Å². The lowest BCUT2D eigenvalue weighted by atomic mass is 9.96. The highest BCUT2D eigenvalue weighted by Gasteiger charge is 2.16. The van der Waals surface area contributed by atoms with Crippen LogP contribution in [-0.2, 0) is 0 Å². The van der Waals surface area contributed by atoms with Crippen LogP contribution in [0.2, 0.25) is 0 Å². The fourth-order valence-electron chi connectivity index (χ4n) is 5.13. The Morgan fingerprint density at radius 1 is 0.526 bits per heavy atom. The van der Waals surface area contributed by atoms with E-state index in [1.165, 1.54) is 11.7 Å². The molecule has 0 aliphatic rings. The van der Waals surface area contributed by atoms with Gasteiger partial charge in [0.15, 0.2) is 5.58 Å². The van der Waals surface area contributed by atoms with Crippen LogP contribution in [0.5, 0.6) is 0 Å². The van der Waals surface area contributed by atoms with Crippen molar-refractivity contribution in [3.05, 3.63) is 109 Å². The molecule has 0 fully saturated rings. The van der Waals surface area contributed by atoms with Crippen molar-refractivity contribution in [1.82, 2.24) is 18.7 Å². The van der Waals surface area contributed by atoms with Crippen LogP contribution in [0.3, 0.4) is 0 Å². The van der Waals surface area contributed by atoms with E-state index in [2.05, 4.69) is 74.4 Å². The summed E-state index contributed by atoms with van der Waals surface area (Å²) in [6.07, 6.45) is 0. The fourth-order valence-corrected chi connectivity index (χ4v) is 5.68. The summed E-state index contributed by atoms with van der Waals surface area (Å²) in [5.74, 6) is 0.623. The van der Waals surface area contributed by atoms with Crippen LogP contribution >= 0.6 is 11.7 Å². The van der Waals surface area contributed by atoms with Crippen LogP contribution in [0.1, 0.15) is 0 Å². The number of pyridine rings is 1. The summed E-state index contributed by atoms with van der Waals surface area (Å²) in [6.45, 7) is 0. The zero-order valence-corrected chi connectivity index (χ0v) is 20.8. The summed E-state index contributed by atoms with van der Waals surface area (Å²) in [4.78, 5) is 9.80. The number of para-hydroxylation sites is 2. The fraction of sp³-hybridized carbons (Fsp3) is 0. The van der Waals surface area contributed by atoms with Gasteiger partial charge in [0.05, 0.1) is 22.9 Å². The maximum atomic E-state index is 5.95. The highest BCUT2D eigenvalue weighted by molar-refractivity contribution is 7.00. The molecule has 178 valence electrons. The van der Waals surface area contributed by atoms with Crippen molar-refractivity contribution in [2.24, 2.45) is 0 Å². The first-order valence-corrected chi connectivity index (χ1v) is 13.1. The third-order valence-corrected chi connectivity index (χ3v) is 7.53. The Hall–Kier alpha value is -4.94. The maximum absolute atomic E-state index is 5.95. The number of fused-ring (bicyclic) bond motifs is 6. The van der Waals surface area contributed by atoms with Crippen LogP contribution in [0.25, 0.3) is 77.6 Å². The summed E-state index contributed by atoms with van der Waals surface area (Å²) in [6, 6.07) is 37.1. The molecule has 0 aliphatic carbocycles. The molecule has 5 nitrogen and oxygen atoms in total. The number of nitrogens with zero attached hydrogens (tertiary/aromatic N) is 4. The van der Waals surface area contributed by atoms with Crippen LogP contribution in [0.4, 0.5) is 0 Å². The molecule has 0 aliphatic heterocycles. The van der Waals surface area contributed by atoms with Crippen LogP contribution in [0.15, 0.2) is 114 Å². The zero-order valence-electron chi connectivity index (χ0n) is 20.0. The molecule has 8 aromatic rings. The van der Waals surface area contributed by atoms with Crippen LogP contribution in [0, 0.1) is 0 Å². The van der Waals surface area contributed by atoms with Gasteiger partial charge in [0.2, 0.25) is 5.89 Å². The summed E-state index contributed by atoms with van der Waals surface area (Å²) in [5.41, 5.74) is 9.58. The van der Waals surface area contributed by atoms with Crippen LogP contribution in [-0.4, -0.2) is 18.7 Å². The van der Waals surface area contributed by atoms with Gasteiger partial charge in [-0.3, -0.25) is 0 Å². The van der Waals surface area contributed by atoms with Gasteiger partial charge >= 0.3 is 0 Å². The van der Waals surface area contributed by atoms with E-state index >= 15 is 0 Å². The number of hydrogen-bond acceptors (Lipinski definition) is 6. The lowest BCUT2D eigenvalue weighted by Crippen LogP contribution is -1.91. The maximum Gasteiger partial charge on any atom is 0.227 e. The van der Waals surface area contributed by atoms with Crippen molar-refractivity contribution in [3.8, 4) is 33.8 Å². The lowest BCUT2D eigenvalue weighted by molar-refractivity contribution is 0.620. The highest BCUT2D eigenvalue weighted by Crippen LogP contribution is 2.38. The first kappa shape index (κ1) is 21.2. The normalized spacial score (nSPS) is 11.7. The van der Waals surface area contributed by atoms with Gasteiger partial charge in [0, 0.05) is 27.3 Å². The van der Waals surface area contributed by atoms with Crippen molar-refractivity contribution < 1.29 is 4.42 Å². The number of oxazole rings is 1. The minimum Gasteiger partial charge on any atom is -0.436 e. The van der Waals surface area contributed by atoms with Gasteiger partial charge in [-0.25, -0.2) is 9.97 Å². The largest absolute Gasteiger partial charge is 0.436 e. The second-order valence-corrected chi connectivity index (χ2v) is 9.77. The monoisotopic (exact) mass is 506 g/mol. The van der Waals surface area contributed by atoms with Gasteiger partial charge in [-0.05, 0) is 53.6 Å². The van der Waals surface area contributed by atoms with E-state index in [1.807, 2.05) is 48.5 Å². The van der Waals surface area contributed by atoms with Gasteiger partial charge in [-0.1, -0.05) is 66.7 Å². The molecule has 8 rings (SSSR count). The Labute approximate surface area is 221 Å². The SMILES string of the molecule is c1ccc(-c2nc3cc(-c4ccc(-c5nc6ccccc6o5)cc4)ccc3c3c2ccc2nsnc23)cc1. The van der Waals surface area contributed by atoms with E-state index in [4.69, 9.17) is 9.40 Å². The molecule has 0 bridgehead atoms. The zero-order chi connectivity index (χ0) is 25.1. The molecule has 0 atom stereocenters. The predicted octanol–water partition coefficient (Wildman–Crippen LogP) is 8.53. The quantitative estimate of drug-likeness (QED) is 0.225. The summed E-state index contributed by atoms with van der Waals surface area (Å²) < 4.78 is 15.1. The minimum absolute atomic E-state index is 0.623. The third kappa shape index (κ3) is 3.31. The average Bonchev–Trinajstić information content (AvgIpc) is 3.64. The Balaban J connectivity index is 1.29. The molecule has 0 radical (unpaired) electrons. The second kappa shape index (κ2) is 8.30. The van der Waals surface area contributed by atoms with Gasteiger partial charge in [0.25, 0.3) is 0 Å². The Kier molecular flexibility index (Phi) is 4.62. The van der Waals surface area contributed by atoms with Crippen LogP contribution < -0.4 is 0 Å². The average molecular weight is 507 g/mol. The number of benzene rings is 5. The van der Waals surface area contributed by atoms with Gasteiger partial charge in [0.1, 0.15) is 16.6 Å². The van der Waals surface area contributed by atoms with Gasteiger partial charge < -0.3 is 4.42 Å². The van der Waals surface area contributed by atoms with Crippen molar-refractivity contribution in [2.75, 3.05) is 0 Å². The molecule has 0 amide bonds. The molecule has 38 heavy (non-hydrogen) atoms. The topological polar surface area (TPSA) is 64.7 Å². The van der Waals surface area contributed by atoms with Crippen molar-refractivity contribution in [1.29, 1.82) is 0 Å². The molecule has 6 heteroatoms. The molecular weight excluding hydrogens is 488 g/mol. The molecular formula is C32H18N4OS. The number of aromatic nitrogens is 4. The molecule has 0 saturated heterocycles. The highest BCUT2D eigenvalue weighted by atomic mass is 32.1. The van der Waals surface area contributed by atoms with E-state index < -0.39 is 0 Å². The predicted molar refractivity (Wildman–Crippen MR) is 154 cm³/mol. The second-order valence-electron chi connectivity index (χ2n) is 9.24. The standard InChI is InChI=1S/C32H18N4OS/c1-2-6-20(7-3-1)30-24-16-17-26-31(36-38-35-26)29(24)23-15-14-22(18-27(23)33-30)19-10-12-21(13-11-19)32-34-25-8-4-5-9-28(25)37-32/h1-18H. The molecule has 5 aromatic carbocycles. The summed E-state index contributed by atoms with van der Waals surface area (Å²) >= 11 is 1.25. The van der Waals surface area contributed by atoms with Crippen molar-refractivity contribution >= 4 is 55.5 Å². The molecule has 3 aromatic heterocycles. The van der Waals surface area contributed by atoms with E-state index in [9.17, 15) is 0 Å². The van der Waals surface area contributed by atoms with E-state index in [0.717, 1.165) is 71.8 Å². The number of rotatable bonds is 3. The first-order chi connectivity index (χ1) is 18.8. The Morgan fingerprint density at radius 3 is 2.16 bits per heavy atom.